The number of unbranched alkanes of at least 4 members (excludes halogenated alkanes) is 3. The van der Waals surface area contributed by atoms with Gasteiger partial charge in [0.1, 0.15) is 0 Å². The molecule has 0 spiro atoms. The maximum atomic E-state index is 11.7. The van der Waals surface area contributed by atoms with Crippen LogP contribution in [0.5, 0.6) is 0 Å². The molecule has 4 heteroatoms. The van der Waals surface area contributed by atoms with Gasteiger partial charge in [-0.1, -0.05) is 31.9 Å². The van der Waals surface area contributed by atoms with Gasteiger partial charge >= 0.3 is 5.97 Å². The van der Waals surface area contributed by atoms with Gasteiger partial charge in [-0.2, -0.15) is 0 Å². The van der Waals surface area contributed by atoms with Crippen LogP contribution in [0.2, 0.25) is 0 Å². The van der Waals surface area contributed by atoms with E-state index in [1.54, 1.807) is 0 Å². The maximum absolute atomic E-state index is 11.7. The van der Waals surface area contributed by atoms with E-state index < -0.39 is 5.97 Å². The number of aryl methyl sites for hydroxylation is 1. The fourth-order valence-electron chi connectivity index (χ4n) is 1.96. The van der Waals surface area contributed by atoms with Crippen LogP contribution in [0.15, 0.2) is 24.3 Å². The molecule has 0 atom stereocenters. The van der Waals surface area contributed by atoms with Crippen molar-refractivity contribution < 1.29 is 14.7 Å². The third kappa shape index (κ3) is 6.92. The molecule has 0 aliphatic rings. The van der Waals surface area contributed by atoms with Crippen LogP contribution in [0.4, 0.5) is 5.69 Å². The number of carbonyl (C=O) groups is 2. The van der Waals surface area contributed by atoms with Gasteiger partial charge in [-0.3, -0.25) is 9.59 Å². The maximum Gasteiger partial charge on any atom is 0.303 e. The van der Waals surface area contributed by atoms with Crippen LogP contribution < -0.4 is 5.32 Å². The first-order valence-electron chi connectivity index (χ1n) is 7.22. The van der Waals surface area contributed by atoms with E-state index in [0.717, 1.165) is 31.4 Å². The molecule has 0 unspecified atom stereocenters. The van der Waals surface area contributed by atoms with Crippen LogP contribution >= 0.6 is 0 Å². The Labute approximate surface area is 120 Å². The number of hydrogen-bond donors (Lipinski definition) is 2. The Balaban J connectivity index is 2.15. The summed E-state index contributed by atoms with van der Waals surface area (Å²) in [6, 6.07) is 7.87. The number of anilines is 1. The van der Waals surface area contributed by atoms with E-state index in [-0.39, 0.29) is 12.3 Å². The highest BCUT2D eigenvalue weighted by atomic mass is 16.4. The van der Waals surface area contributed by atoms with Gasteiger partial charge in [0.2, 0.25) is 5.91 Å². The average molecular weight is 277 g/mol. The minimum atomic E-state index is -0.752. The average Bonchev–Trinajstić information content (AvgIpc) is 2.43. The summed E-state index contributed by atoms with van der Waals surface area (Å²) in [5.41, 5.74) is 2.08. The summed E-state index contributed by atoms with van der Waals surface area (Å²) in [4.78, 5) is 22.0. The molecule has 20 heavy (non-hydrogen) atoms. The molecule has 0 aliphatic carbocycles. The number of rotatable bonds is 9. The van der Waals surface area contributed by atoms with Gasteiger partial charge in [0.25, 0.3) is 0 Å². The standard InChI is InChI=1S/C16H23NO3/c1-2-13-9-11-14(12-10-13)17-15(18)7-5-3-4-6-8-16(19)20/h9-12H,2-8H2,1H3,(H,17,18)(H,19,20). The Morgan fingerprint density at radius 2 is 1.60 bits per heavy atom. The van der Waals surface area contributed by atoms with E-state index in [9.17, 15) is 9.59 Å². The molecule has 0 fully saturated rings. The minimum absolute atomic E-state index is 0.0208. The molecule has 1 amide bonds. The summed E-state index contributed by atoms with van der Waals surface area (Å²) in [5, 5.41) is 11.4. The van der Waals surface area contributed by atoms with Crippen LogP contribution in [0, 0.1) is 0 Å². The summed E-state index contributed by atoms with van der Waals surface area (Å²) in [6.45, 7) is 2.10. The highest BCUT2D eigenvalue weighted by molar-refractivity contribution is 5.90. The van der Waals surface area contributed by atoms with Crippen LogP contribution in [-0.2, 0) is 16.0 Å². The molecule has 2 N–H and O–H groups in total. The van der Waals surface area contributed by atoms with Crippen molar-refractivity contribution in [2.45, 2.75) is 51.9 Å². The lowest BCUT2D eigenvalue weighted by atomic mass is 10.1. The monoisotopic (exact) mass is 277 g/mol. The molecule has 1 aromatic rings. The Bertz CT molecular complexity index is 426. The largest absolute Gasteiger partial charge is 0.481 e. The molecule has 0 saturated carbocycles. The molecular weight excluding hydrogens is 254 g/mol. The highest BCUT2D eigenvalue weighted by Crippen LogP contribution is 2.11. The number of amides is 1. The second kappa shape index (κ2) is 9.13. The molecule has 0 saturated heterocycles. The number of carboxylic acids is 1. The zero-order chi connectivity index (χ0) is 14.8. The molecule has 0 heterocycles. The summed E-state index contributed by atoms with van der Waals surface area (Å²) >= 11 is 0. The van der Waals surface area contributed by atoms with Crippen LogP contribution in [0.3, 0.4) is 0 Å². The van der Waals surface area contributed by atoms with Gasteiger partial charge in [0, 0.05) is 18.5 Å². The van der Waals surface area contributed by atoms with Crippen LogP contribution in [-0.4, -0.2) is 17.0 Å². The van der Waals surface area contributed by atoms with Gasteiger partial charge in [-0.05, 0) is 37.0 Å². The Morgan fingerprint density at radius 3 is 2.15 bits per heavy atom. The van der Waals surface area contributed by atoms with Crippen molar-refractivity contribution in [1.29, 1.82) is 0 Å². The van der Waals surface area contributed by atoms with Gasteiger partial charge < -0.3 is 10.4 Å². The van der Waals surface area contributed by atoms with Crippen molar-refractivity contribution >= 4 is 17.6 Å². The predicted octanol–water partition coefficient (Wildman–Crippen LogP) is 3.61. The van der Waals surface area contributed by atoms with E-state index in [4.69, 9.17) is 5.11 Å². The van der Waals surface area contributed by atoms with Crippen molar-refractivity contribution in [2.75, 3.05) is 5.32 Å². The number of benzene rings is 1. The summed E-state index contributed by atoms with van der Waals surface area (Å²) < 4.78 is 0. The molecule has 110 valence electrons. The summed E-state index contributed by atoms with van der Waals surface area (Å²) in [5.74, 6) is -0.731. The summed E-state index contributed by atoms with van der Waals surface area (Å²) in [7, 11) is 0. The Hall–Kier alpha value is -1.84. The van der Waals surface area contributed by atoms with E-state index in [1.165, 1.54) is 5.56 Å². The molecular formula is C16H23NO3. The van der Waals surface area contributed by atoms with Gasteiger partial charge in [-0.25, -0.2) is 0 Å². The van der Waals surface area contributed by atoms with Crippen molar-refractivity contribution in [3.63, 3.8) is 0 Å². The Morgan fingerprint density at radius 1 is 1.00 bits per heavy atom. The molecule has 4 nitrogen and oxygen atoms in total. The zero-order valence-corrected chi connectivity index (χ0v) is 12.0. The lowest BCUT2D eigenvalue weighted by molar-refractivity contribution is -0.137. The first kappa shape index (κ1) is 16.2. The highest BCUT2D eigenvalue weighted by Gasteiger charge is 2.03. The number of aliphatic carboxylic acids is 1. The van der Waals surface area contributed by atoms with Crippen molar-refractivity contribution in [3.8, 4) is 0 Å². The van der Waals surface area contributed by atoms with Crippen LogP contribution in [0.25, 0.3) is 0 Å². The predicted molar refractivity (Wildman–Crippen MR) is 79.8 cm³/mol. The normalized spacial score (nSPS) is 10.2. The van der Waals surface area contributed by atoms with Crippen molar-refractivity contribution in [2.24, 2.45) is 0 Å². The quantitative estimate of drug-likeness (QED) is 0.677. The second-order valence-corrected chi connectivity index (χ2v) is 4.91. The number of carboxylic acid groups (broad SMARTS) is 1. The lowest BCUT2D eigenvalue weighted by Crippen LogP contribution is -2.11. The molecule has 0 aromatic heterocycles. The van der Waals surface area contributed by atoms with E-state index in [1.807, 2.05) is 24.3 Å². The lowest BCUT2D eigenvalue weighted by Gasteiger charge is -2.06. The zero-order valence-electron chi connectivity index (χ0n) is 12.0. The third-order valence-electron chi connectivity index (χ3n) is 3.19. The minimum Gasteiger partial charge on any atom is -0.481 e. The van der Waals surface area contributed by atoms with Gasteiger partial charge in [0.15, 0.2) is 0 Å². The van der Waals surface area contributed by atoms with Crippen molar-refractivity contribution in [1.82, 2.24) is 0 Å². The van der Waals surface area contributed by atoms with Crippen molar-refractivity contribution in [3.05, 3.63) is 29.8 Å². The molecule has 0 bridgehead atoms. The number of nitrogens with one attached hydrogen (secondary N) is 1. The molecule has 0 radical (unpaired) electrons. The summed E-state index contributed by atoms with van der Waals surface area (Å²) in [6.07, 6.45) is 4.96. The topological polar surface area (TPSA) is 66.4 Å². The second-order valence-electron chi connectivity index (χ2n) is 4.91. The Kier molecular flexibility index (Phi) is 7.40. The van der Waals surface area contributed by atoms with Crippen LogP contribution in [0.1, 0.15) is 51.0 Å². The smallest absolute Gasteiger partial charge is 0.303 e. The van der Waals surface area contributed by atoms with Gasteiger partial charge in [0.05, 0.1) is 0 Å². The van der Waals surface area contributed by atoms with E-state index in [0.29, 0.717) is 12.8 Å². The SMILES string of the molecule is CCc1ccc(NC(=O)CCCCCCC(=O)O)cc1. The van der Waals surface area contributed by atoms with E-state index >= 15 is 0 Å². The van der Waals surface area contributed by atoms with Gasteiger partial charge in [-0.15, -0.1) is 0 Å². The fraction of sp³-hybridized carbons (Fsp3) is 0.500. The van der Waals surface area contributed by atoms with E-state index in [2.05, 4.69) is 12.2 Å². The number of carbonyl (C=O) groups excluding carboxylic acids is 1. The molecule has 1 aromatic carbocycles. The first-order chi connectivity index (χ1) is 9.61. The molecule has 0 aliphatic heterocycles. The molecule has 1 rings (SSSR count). The fourth-order valence-corrected chi connectivity index (χ4v) is 1.96. The number of hydrogen-bond acceptors (Lipinski definition) is 2. The third-order valence-corrected chi connectivity index (χ3v) is 3.19. The first-order valence-corrected chi connectivity index (χ1v) is 7.22.